The summed E-state index contributed by atoms with van der Waals surface area (Å²) >= 11 is 0. The molecule has 0 atom stereocenters. The number of aryl methyl sites for hydroxylation is 1. The summed E-state index contributed by atoms with van der Waals surface area (Å²) in [5.74, 6) is 2.12. The maximum absolute atomic E-state index is 12.4. The normalized spacial score (nSPS) is 10.5. The van der Waals surface area contributed by atoms with Gasteiger partial charge >= 0.3 is 0 Å². The van der Waals surface area contributed by atoms with Crippen LogP contribution >= 0.6 is 0 Å². The zero-order valence-electron chi connectivity index (χ0n) is 18.3. The van der Waals surface area contributed by atoms with Crippen molar-refractivity contribution in [2.24, 2.45) is 5.92 Å². The Morgan fingerprint density at radius 1 is 0.839 bits per heavy atom. The molecule has 0 fully saturated rings. The number of hydrogen-bond acceptors (Lipinski definition) is 7. The quantitative estimate of drug-likeness (QED) is 0.477. The van der Waals surface area contributed by atoms with E-state index in [0.717, 1.165) is 22.9 Å². The van der Waals surface area contributed by atoms with E-state index in [1.165, 1.54) is 0 Å². The van der Waals surface area contributed by atoms with Crippen molar-refractivity contribution in [2.75, 3.05) is 30.2 Å². The van der Waals surface area contributed by atoms with Crippen LogP contribution < -0.4 is 25.4 Å². The first-order chi connectivity index (χ1) is 14.9. The third-order valence-corrected chi connectivity index (χ3v) is 4.56. The number of amides is 1. The van der Waals surface area contributed by atoms with Crippen molar-refractivity contribution in [3.8, 4) is 11.5 Å². The number of nitrogens with zero attached hydrogens (tertiary/aromatic N) is 2. The molecule has 0 unspecified atom stereocenters. The Kier molecular flexibility index (Phi) is 6.92. The molecule has 0 spiro atoms. The molecule has 0 bridgehead atoms. The molecular formula is C23H27N5O3. The lowest BCUT2D eigenvalue weighted by Gasteiger charge is -2.17. The smallest absolute Gasteiger partial charge is 0.229 e. The van der Waals surface area contributed by atoms with Crippen molar-refractivity contribution in [1.29, 1.82) is 0 Å². The number of benzene rings is 2. The average molecular weight is 422 g/mol. The van der Waals surface area contributed by atoms with Gasteiger partial charge in [-0.3, -0.25) is 4.79 Å². The highest BCUT2D eigenvalue weighted by Crippen LogP contribution is 2.30. The molecule has 0 radical (unpaired) electrons. The molecule has 1 aromatic heterocycles. The standard InChI is InChI=1S/C23H27N5O3/c1-14(2)22(29)27-20-15(3)24-23(26-17-8-12-19(31-5)13-9-17)28-21(20)25-16-6-10-18(30-4)11-7-16/h6-14H,1-5H3,(H,27,29)(H2,24,25,26,28). The van der Waals surface area contributed by atoms with Gasteiger partial charge in [-0.25, -0.2) is 4.98 Å². The van der Waals surface area contributed by atoms with Crippen molar-refractivity contribution in [2.45, 2.75) is 20.8 Å². The van der Waals surface area contributed by atoms with Crippen LogP contribution in [0.3, 0.4) is 0 Å². The second kappa shape index (κ2) is 9.80. The third kappa shape index (κ3) is 5.63. The Balaban J connectivity index is 1.94. The van der Waals surface area contributed by atoms with Gasteiger partial charge in [-0.1, -0.05) is 13.8 Å². The van der Waals surface area contributed by atoms with Gasteiger partial charge < -0.3 is 25.4 Å². The van der Waals surface area contributed by atoms with E-state index in [0.29, 0.717) is 23.1 Å². The lowest BCUT2D eigenvalue weighted by molar-refractivity contribution is -0.118. The second-order valence-corrected chi connectivity index (χ2v) is 7.21. The summed E-state index contributed by atoms with van der Waals surface area (Å²) in [6.45, 7) is 5.50. The van der Waals surface area contributed by atoms with Crippen LogP contribution in [0.15, 0.2) is 48.5 Å². The molecule has 3 aromatic rings. The van der Waals surface area contributed by atoms with Crippen molar-refractivity contribution in [1.82, 2.24) is 9.97 Å². The molecular weight excluding hydrogens is 394 g/mol. The second-order valence-electron chi connectivity index (χ2n) is 7.21. The predicted molar refractivity (Wildman–Crippen MR) is 123 cm³/mol. The number of anilines is 5. The first kappa shape index (κ1) is 21.9. The Labute approximate surface area is 182 Å². The van der Waals surface area contributed by atoms with Crippen LogP contribution in [0.5, 0.6) is 11.5 Å². The van der Waals surface area contributed by atoms with Crippen LogP contribution in [0, 0.1) is 12.8 Å². The summed E-state index contributed by atoms with van der Waals surface area (Å²) < 4.78 is 10.4. The average Bonchev–Trinajstić information content (AvgIpc) is 2.77. The van der Waals surface area contributed by atoms with Gasteiger partial charge in [-0.15, -0.1) is 0 Å². The molecule has 8 heteroatoms. The number of aromatic nitrogens is 2. The fraction of sp³-hybridized carbons (Fsp3) is 0.261. The van der Waals surface area contributed by atoms with Crippen molar-refractivity contribution >= 4 is 34.7 Å². The largest absolute Gasteiger partial charge is 0.497 e. The summed E-state index contributed by atoms with van der Waals surface area (Å²) in [7, 11) is 3.24. The minimum Gasteiger partial charge on any atom is -0.497 e. The molecule has 2 aromatic carbocycles. The van der Waals surface area contributed by atoms with Gasteiger partial charge in [0.2, 0.25) is 11.9 Å². The van der Waals surface area contributed by atoms with E-state index >= 15 is 0 Å². The molecule has 0 saturated carbocycles. The summed E-state index contributed by atoms with van der Waals surface area (Å²) in [5, 5.41) is 9.40. The zero-order chi connectivity index (χ0) is 22.4. The Bertz CT molecular complexity index is 1030. The SMILES string of the molecule is COc1ccc(Nc2nc(C)c(NC(=O)C(C)C)c(Nc3ccc(OC)cc3)n2)cc1. The third-order valence-electron chi connectivity index (χ3n) is 4.56. The van der Waals surface area contributed by atoms with Gasteiger partial charge in [-0.05, 0) is 55.5 Å². The molecule has 0 aliphatic rings. The van der Waals surface area contributed by atoms with Gasteiger partial charge in [0.1, 0.15) is 17.2 Å². The molecule has 0 saturated heterocycles. The number of carbonyl (C=O) groups excluding carboxylic acids is 1. The Morgan fingerprint density at radius 3 is 1.84 bits per heavy atom. The number of carbonyl (C=O) groups is 1. The molecule has 1 heterocycles. The fourth-order valence-corrected chi connectivity index (χ4v) is 2.75. The van der Waals surface area contributed by atoms with Crippen molar-refractivity contribution in [3.63, 3.8) is 0 Å². The van der Waals surface area contributed by atoms with E-state index in [-0.39, 0.29) is 11.8 Å². The minimum atomic E-state index is -0.176. The molecule has 1 amide bonds. The van der Waals surface area contributed by atoms with E-state index < -0.39 is 0 Å². The van der Waals surface area contributed by atoms with Crippen LogP contribution in [0.25, 0.3) is 0 Å². The Morgan fingerprint density at radius 2 is 1.35 bits per heavy atom. The van der Waals surface area contributed by atoms with E-state index in [9.17, 15) is 4.79 Å². The first-order valence-electron chi connectivity index (χ1n) is 9.91. The van der Waals surface area contributed by atoms with Gasteiger partial charge in [0.15, 0.2) is 5.82 Å². The van der Waals surface area contributed by atoms with Crippen LogP contribution in [0.4, 0.5) is 28.8 Å². The van der Waals surface area contributed by atoms with Gasteiger partial charge in [0.25, 0.3) is 0 Å². The summed E-state index contributed by atoms with van der Waals surface area (Å²) in [5.41, 5.74) is 2.79. The topological polar surface area (TPSA) is 97.4 Å². The van der Waals surface area contributed by atoms with Crippen LogP contribution in [-0.2, 0) is 4.79 Å². The number of rotatable bonds is 8. The maximum atomic E-state index is 12.4. The number of hydrogen-bond donors (Lipinski definition) is 3. The van der Waals surface area contributed by atoms with E-state index in [2.05, 4.69) is 25.9 Å². The minimum absolute atomic E-state index is 0.111. The summed E-state index contributed by atoms with van der Waals surface area (Å²) in [6.07, 6.45) is 0. The van der Waals surface area contributed by atoms with Crippen LogP contribution in [0.1, 0.15) is 19.5 Å². The number of methoxy groups -OCH3 is 2. The maximum Gasteiger partial charge on any atom is 0.229 e. The molecule has 162 valence electrons. The van der Waals surface area contributed by atoms with Gasteiger partial charge in [-0.2, -0.15) is 4.98 Å². The molecule has 3 rings (SSSR count). The predicted octanol–water partition coefficient (Wildman–Crippen LogP) is 4.88. The van der Waals surface area contributed by atoms with Crippen LogP contribution in [-0.4, -0.2) is 30.1 Å². The lowest BCUT2D eigenvalue weighted by Crippen LogP contribution is -2.20. The molecule has 0 aliphatic carbocycles. The summed E-state index contributed by atoms with van der Waals surface area (Å²) in [6, 6.07) is 14.9. The first-order valence-corrected chi connectivity index (χ1v) is 9.91. The zero-order valence-corrected chi connectivity index (χ0v) is 18.3. The molecule has 31 heavy (non-hydrogen) atoms. The van der Waals surface area contributed by atoms with Crippen LogP contribution in [0.2, 0.25) is 0 Å². The molecule has 0 aliphatic heterocycles. The molecule has 8 nitrogen and oxygen atoms in total. The van der Waals surface area contributed by atoms with E-state index in [1.807, 2.05) is 69.3 Å². The van der Waals surface area contributed by atoms with E-state index in [4.69, 9.17) is 9.47 Å². The fourth-order valence-electron chi connectivity index (χ4n) is 2.75. The van der Waals surface area contributed by atoms with Gasteiger partial charge in [0.05, 0.1) is 19.9 Å². The molecule has 3 N–H and O–H groups in total. The van der Waals surface area contributed by atoms with Gasteiger partial charge in [0, 0.05) is 17.3 Å². The highest BCUT2D eigenvalue weighted by atomic mass is 16.5. The monoisotopic (exact) mass is 421 g/mol. The Hall–Kier alpha value is -3.81. The highest BCUT2D eigenvalue weighted by Gasteiger charge is 2.17. The summed E-state index contributed by atoms with van der Waals surface area (Å²) in [4.78, 5) is 21.5. The lowest BCUT2D eigenvalue weighted by atomic mass is 10.2. The highest BCUT2D eigenvalue weighted by molar-refractivity contribution is 5.96. The van der Waals surface area contributed by atoms with Crippen molar-refractivity contribution < 1.29 is 14.3 Å². The van der Waals surface area contributed by atoms with Crippen molar-refractivity contribution in [3.05, 3.63) is 54.2 Å². The number of nitrogens with one attached hydrogen (secondary N) is 3. The van der Waals surface area contributed by atoms with E-state index in [1.54, 1.807) is 14.2 Å². The number of ether oxygens (including phenoxy) is 2.